The van der Waals surface area contributed by atoms with E-state index in [0.717, 1.165) is 66.3 Å². The molecular weight excluding hydrogens is 524 g/mol. The molecule has 1 aliphatic rings. The van der Waals surface area contributed by atoms with Gasteiger partial charge in [0.05, 0.1) is 16.6 Å². The Labute approximate surface area is 246 Å². The van der Waals surface area contributed by atoms with Crippen molar-refractivity contribution >= 4 is 28.3 Å². The predicted octanol–water partition coefficient (Wildman–Crippen LogP) is 5.67. The third kappa shape index (κ3) is 6.00. The second kappa shape index (κ2) is 11.7. The lowest BCUT2D eigenvalue weighted by atomic mass is 10.0. The van der Waals surface area contributed by atoms with E-state index in [1.807, 2.05) is 44.4 Å². The van der Waals surface area contributed by atoms with Gasteiger partial charge in [-0.2, -0.15) is 0 Å². The van der Waals surface area contributed by atoms with Crippen molar-refractivity contribution in [1.29, 1.82) is 0 Å². The van der Waals surface area contributed by atoms with Gasteiger partial charge in [0, 0.05) is 63.8 Å². The maximum atomic E-state index is 13.1. The zero-order chi connectivity index (χ0) is 29.2. The van der Waals surface area contributed by atoms with E-state index in [9.17, 15) is 9.90 Å². The lowest BCUT2D eigenvalue weighted by Crippen LogP contribution is -2.43. The molecule has 1 saturated heterocycles. The zero-order valence-electron chi connectivity index (χ0n) is 24.3. The van der Waals surface area contributed by atoms with Gasteiger partial charge in [0.25, 0.3) is 5.91 Å². The molecule has 0 bridgehead atoms. The molecule has 0 unspecified atom stereocenters. The van der Waals surface area contributed by atoms with E-state index in [4.69, 9.17) is 4.98 Å². The molecule has 0 atom stereocenters. The van der Waals surface area contributed by atoms with Crippen molar-refractivity contribution in [3.63, 3.8) is 0 Å². The molecule has 42 heavy (non-hydrogen) atoms. The van der Waals surface area contributed by atoms with Crippen molar-refractivity contribution in [1.82, 2.24) is 19.8 Å². The fourth-order valence-electron chi connectivity index (χ4n) is 5.30. The molecule has 4 aromatic carbocycles. The summed E-state index contributed by atoms with van der Waals surface area (Å²) in [5.41, 5.74) is 7.70. The quantitative estimate of drug-likeness (QED) is 0.238. The minimum absolute atomic E-state index is 0.136. The number of amides is 1. The largest absolute Gasteiger partial charge is 0.507 e. The molecular formula is C34H36N6O2. The van der Waals surface area contributed by atoms with Crippen LogP contribution in [0.1, 0.15) is 15.9 Å². The van der Waals surface area contributed by atoms with Crippen LogP contribution in [0.15, 0.2) is 84.9 Å². The summed E-state index contributed by atoms with van der Waals surface area (Å²) >= 11 is 0. The van der Waals surface area contributed by atoms with Crippen molar-refractivity contribution in [2.45, 2.75) is 6.54 Å². The number of piperazine rings is 1. The summed E-state index contributed by atoms with van der Waals surface area (Å²) in [7, 11) is 6.18. The first kappa shape index (κ1) is 27.5. The Balaban J connectivity index is 1.16. The second-order valence-electron chi connectivity index (χ2n) is 11.2. The molecule has 1 fully saturated rings. The van der Waals surface area contributed by atoms with E-state index < -0.39 is 0 Å². The number of aromatic amines is 1. The average molecular weight is 561 g/mol. The maximum Gasteiger partial charge on any atom is 0.255 e. The van der Waals surface area contributed by atoms with Crippen LogP contribution in [0, 0.1) is 0 Å². The van der Waals surface area contributed by atoms with E-state index in [0.29, 0.717) is 17.0 Å². The predicted molar refractivity (Wildman–Crippen MR) is 170 cm³/mol. The zero-order valence-corrected chi connectivity index (χ0v) is 24.3. The van der Waals surface area contributed by atoms with Gasteiger partial charge < -0.3 is 25.2 Å². The summed E-state index contributed by atoms with van der Waals surface area (Å²) in [4.78, 5) is 28.0. The Morgan fingerprint density at radius 1 is 0.905 bits per heavy atom. The van der Waals surface area contributed by atoms with Gasteiger partial charge in [-0.25, -0.2) is 4.98 Å². The standard InChI is InChI=1S/C34H36N6O2/c1-38(2)28-12-6-24(7-13-28)25-9-15-32(41)29(20-25)33-36-30-14-8-26(21-31(30)37-33)34(42)35-27-10-4-23(5-11-27)22-40-18-16-39(3)17-19-40/h4-15,20-21,41H,16-19,22H2,1-3H3,(H,35,42)(H,36,37). The molecule has 2 heterocycles. The number of hydrogen-bond acceptors (Lipinski definition) is 6. The van der Waals surface area contributed by atoms with Gasteiger partial charge in [0.1, 0.15) is 11.6 Å². The number of phenolic OH excluding ortho intramolecular Hbond substituents is 1. The number of H-pyrrole nitrogens is 1. The number of nitrogens with one attached hydrogen (secondary N) is 2. The van der Waals surface area contributed by atoms with E-state index in [2.05, 4.69) is 68.4 Å². The monoisotopic (exact) mass is 560 g/mol. The summed E-state index contributed by atoms with van der Waals surface area (Å²) in [6.45, 7) is 5.25. The number of rotatable bonds is 7. The number of carbonyl (C=O) groups is 1. The van der Waals surface area contributed by atoms with E-state index in [1.54, 1.807) is 18.2 Å². The number of fused-ring (bicyclic) bond motifs is 1. The van der Waals surface area contributed by atoms with Crippen LogP contribution in [0.3, 0.4) is 0 Å². The summed E-state index contributed by atoms with van der Waals surface area (Å²) < 4.78 is 0. The number of likely N-dealkylation sites (N-methyl/N-ethyl adjacent to an activating group) is 1. The molecule has 6 rings (SSSR count). The van der Waals surface area contributed by atoms with Crippen LogP contribution in [0.4, 0.5) is 11.4 Å². The van der Waals surface area contributed by atoms with Crippen LogP contribution in [-0.2, 0) is 6.54 Å². The van der Waals surface area contributed by atoms with E-state index >= 15 is 0 Å². The summed E-state index contributed by atoms with van der Waals surface area (Å²) in [5, 5.41) is 13.7. The van der Waals surface area contributed by atoms with Crippen molar-refractivity contribution < 1.29 is 9.90 Å². The first-order valence-corrected chi connectivity index (χ1v) is 14.2. The van der Waals surface area contributed by atoms with Crippen LogP contribution >= 0.6 is 0 Å². The highest BCUT2D eigenvalue weighted by Crippen LogP contribution is 2.34. The van der Waals surface area contributed by atoms with Gasteiger partial charge in [-0.15, -0.1) is 0 Å². The van der Waals surface area contributed by atoms with Crippen LogP contribution in [0.25, 0.3) is 33.5 Å². The molecule has 0 saturated carbocycles. The Kier molecular flexibility index (Phi) is 7.65. The van der Waals surface area contributed by atoms with E-state index in [1.165, 1.54) is 5.56 Å². The molecule has 0 radical (unpaired) electrons. The van der Waals surface area contributed by atoms with Gasteiger partial charge in [-0.05, 0) is 78.3 Å². The number of aromatic hydroxyl groups is 1. The molecule has 8 nitrogen and oxygen atoms in total. The van der Waals surface area contributed by atoms with Crippen LogP contribution in [-0.4, -0.2) is 78.1 Å². The lowest BCUT2D eigenvalue weighted by Gasteiger charge is -2.32. The van der Waals surface area contributed by atoms with Crippen molar-refractivity contribution in [3.05, 3.63) is 96.1 Å². The molecule has 5 aromatic rings. The Morgan fingerprint density at radius 2 is 1.62 bits per heavy atom. The van der Waals surface area contributed by atoms with Crippen molar-refractivity contribution in [3.8, 4) is 28.3 Å². The third-order valence-corrected chi connectivity index (χ3v) is 7.93. The number of anilines is 2. The molecule has 8 heteroatoms. The third-order valence-electron chi connectivity index (χ3n) is 7.93. The van der Waals surface area contributed by atoms with Gasteiger partial charge in [0.15, 0.2) is 0 Å². The van der Waals surface area contributed by atoms with E-state index in [-0.39, 0.29) is 11.7 Å². The van der Waals surface area contributed by atoms with Gasteiger partial charge in [-0.1, -0.05) is 30.3 Å². The molecule has 1 amide bonds. The number of benzene rings is 4. The first-order valence-electron chi connectivity index (χ1n) is 14.2. The highest BCUT2D eigenvalue weighted by atomic mass is 16.3. The minimum Gasteiger partial charge on any atom is -0.507 e. The number of imidazole rings is 1. The van der Waals surface area contributed by atoms with Crippen LogP contribution < -0.4 is 10.2 Å². The first-order chi connectivity index (χ1) is 20.3. The van der Waals surface area contributed by atoms with Gasteiger partial charge in [0.2, 0.25) is 0 Å². The fourth-order valence-corrected chi connectivity index (χ4v) is 5.30. The highest BCUT2D eigenvalue weighted by molar-refractivity contribution is 6.06. The number of aromatic nitrogens is 2. The maximum absolute atomic E-state index is 13.1. The van der Waals surface area contributed by atoms with Crippen LogP contribution in [0.2, 0.25) is 0 Å². The second-order valence-corrected chi connectivity index (χ2v) is 11.2. The summed E-state index contributed by atoms with van der Waals surface area (Å²) in [6.07, 6.45) is 0. The lowest BCUT2D eigenvalue weighted by molar-refractivity contribution is 0.102. The van der Waals surface area contributed by atoms with Gasteiger partial charge >= 0.3 is 0 Å². The highest BCUT2D eigenvalue weighted by Gasteiger charge is 2.16. The van der Waals surface area contributed by atoms with Crippen molar-refractivity contribution in [2.24, 2.45) is 0 Å². The van der Waals surface area contributed by atoms with Crippen molar-refractivity contribution in [2.75, 3.05) is 57.5 Å². The molecule has 1 aromatic heterocycles. The van der Waals surface area contributed by atoms with Gasteiger partial charge in [-0.3, -0.25) is 9.69 Å². The number of carbonyl (C=O) groups excluding carboxylic acids is 1. The summed E-state index contributed by atoms with van der Waals surface area (Å²) in [6, 6.07) is 27.2. The minimum atomic E-state index is -0.189. The molecule has 0 spiro atoms. The van der Waals surface area contributed by atoms with Crippen LogP contribution in [0.5, 0.6) is 5.75 Å². The average Bonchev–Trinajstić information content (AvgIpc) is 3.43. The normalized spacial score (nSPS) is 14.3. The fraction of sp³-hybridized carbons (Fsp3) is 0.235. The Morgan fingerprint density at radius 3 is 2.33 bits per heavy atom. The topological polar surface area (TPSA) is 87.7 Å². The molecule has 3 N–H and O–H groups in total. The number of hydrogen-bond donors (Lipinski definition) is 3. The SMILES string of the molecule is CN1CCN(Cc2ccc(NC(=O)c3ccc4nc(-c5cc(-c6ccc(N(C)C)cc6)ccc5O)[nH]c4c3)cc2)CC1. The number of phenols is 1. The smallest absolute Gasteiger partial charge is 0.255 e. The summed E-state index contributed by atoms with van der Waals surface area (Å²) in [5.74, 6) is 0.491. The Bertz CT molecular complexity index is 1700. The number of nitrogens with zero attached hydrogens (tertiary/aromatic N) is 4. The molecule has 214 valence electrons. The molecule has 0 aliphatic carbocycles. The molecule has 1 aliphatic heterocycles. The Hall–Kier alpha value is -4.66.